The number of aromatic nitrogens is 2. The summed E-state index contributed by atoms with van der Waals surface area (Å²) in [5, 5.41) is 3.89. The second-order valence-electron chi connectivity index (χ2n) is 3.38. The largest absolute Gasteiger partial charge is 0.380 e. The van der Waals surface area contributed by atoms with Gasteiger partial charge in [0.25, 0.3) is 0 Å². The summed E-state index contributed by atoms with van der Waals surface area (Å²) in [4.78, 5) is 4.27. The third-order valence-corrected chi connectivity index (χ3v) is 1.95. The minimum atomic E-state index is 0.312. The smallest absolute Gasteiger partial charge is 0.229 e. The van der Waals surface area contributed by atoms with Crippen molar-refractivity contribution in [1.29, 1.82) is 0 Å². The highest BCUT2D eigenvalue weighted by Gasteiger charge is 2.26. The van der Waals surface area contributed by atoms with Gasteiger partial charge in [-0.1, -0.05) is 19.0 Å². The van der Waals surface area contributed by atoms with Crippen LogP contribution in [0, 0.1) is 0 Å². The molecule has 0 N–H and O–H groups in total. The normalized spacial score (nSPS) is 18.2. The van der Waals surface area contributed by atoms with Crippen molar-refractivity contribution in [3.8, 4) is 0 Å². The molecule has 0 spiro atoms. The summed E-state index contributed by atoms with van der Waals surface area (Å²) in [6.07, 6.45) is 0. The van der Waals surface area contributed by atoms with Gasteiger partial charge in [0.15, 0.2) is 5.82 Å². The van der Waals surface area contributed by atoms with Crippen molar-refractivity contribution in [1.82, 2.24) is 10.1 Å². The third kappa shape index (κ3) is 1.22. The summed E-state index contributed by atoms with van der Waals surface area (Å²) in [6.45, 7) is 5.54. The van der Waals surface area contributed by atoms with Crippen LogP contribution in [0.2, 0.25) is 0 Å². The highest BCUT2D eigenvalue weighted by molar-refractivity contribution is 5.00. The van der Waals surface area contributed by atoms with Gasteiger partial charge in [-0.25, -0.2) is 0 Å². The van der Waals surface area contributed by atoms with Crippen molar-refractivity contribution < 1.29 is 9.26 Å². The maximum Gasteiger partial charge on any atom is 0.229 e. The van der Waals surface area contributed by atoms with E-state index in [1.54, 1.807) is 0 Å². The Morgan fingerprint density at radius 1 is 1.42 bits per heavy atom. The van der Waals surface area contributed by atoms with E-state index >= 15 is 0 Å². The molecule has 1 aromatic rings. The molecule has 4 nitrogen and oxygen atoms in total. The first kappa shape index (κ1) is 7.73. The number of rotatable bonds is 2. The molecule has 0 radical (unpaired) electrons. The summed E-state index contributed by atoms with van der Waals surface area (Å²) in [7, 11) is 0. The van der Waals surface area contributed by atoms with E-state index in [4.69, 9.17) is 9.26 Å². The molecule has 1 saturated heterocycles. The zero-order valence-corrected chi connectivity index (χ0v) is 7.28. The molecule has 1 aliphatic rings. The van der Waals surface area contributed by atoms with Crippen molar-refractivity contribution in [2.75, 3.05) is 13.2 Å². The standard InChI is InChI=1S/C8H12N2O2/c1-5(2)8-9-7(10-12-8)6-3-11-4-6/h5-6H,3-4H2,1-2H3. The van der Waals surface area contributed by atoms with Gasteiger partial charge in [0.1, 0.15) is 0 Å². The van der Waals surface area contributed by atoms with Gasteiger partial charge >= 0.3 is 0 Å². The molecule has 0 unspecified atom stereocenters. The van der Waals surface area contributed by atoms with E-state index in [-0.39, 0.29) is 0 Å². The van der Waals surface area contributed by atoms with Gasteiger partial charge in [-0.2, -0.15) is 4.98 Å². The average molecular weight is 168 g/mol. The van der Waals surface area contributed by atoms with Crippen molar-refractivity contribution >= 4 is 0 Å². The number of hydrogen-bond donors (Lipinski definition) is 0. The van der Waals surface area contributed by atoms with Gasteiger partial charge in [0, 0.05) is 5.92 Å². The first-order chi connectivity index (χ1) is 5.77. The topological polar surface area (TPSA) is 48.2 Å². The summed E-state index contributed by atoms with van der Waals surface area (Å²) < 4.78 is 10.1. The molecule has 4 heteroatoms. The van der Waals surface area contributed by atoms with Crippen LogP contribution in [0.15, 0.2) is 4.52 Å². The molecule has 0 bridgehead atoms. The molecule has 1 aliphatic heterocycles. The zero-order valence-electron chi connectivity index (χ0n) is 7.28. The Balaban J connectivity index is 2.12. The Bertz CT molecular complexity index is 266. The van der Waals surface area contributed by atoms with Gasteiger partial charge < -0.3 is 9.26 Å². The highest BCUT2D eigenvalue weighted by atomic mass is 16.5. The SMILES string of the molecule is CC(C)c1nc(C2COC2)no1. The van der Waals surface area contributed by atoms with Crippen LogP contribution in [0.25, 0.3) is 0 Å². The van der Waals surface area contributed by atoms with E-state index in [1.165, 1.54) is 0 Å². The molecule has 2 heterocycles. The van der Waals surface area contributed by atoms with Crippen molar-refractivity contribution in [3.63, 3.8) is 0 Å². The summed E-state index contributed by atoms with van der Waals surface area (Å²) in [6, 6.07) is 0. The van der Waals surface area contributed by atoms with Crippen LogP contribution in [0.3, 0.4) is 0 Å². The van der Waals surface area contributed by atoms with Crippen LogP contribution < -0.4 is 0 Å². The first-order valence-electron chi connectivity index (χ1n) is 4.18. The van der Waals surface area contributed by atoms with Gasteiger partial charge in [-0.15, -0.1) is 0 Å². The first-order valence-corrected chi connectivity index (χ1v) is 4.18. The maximum atomic E-state index is 5.07. The minimum absolute atomic E-state index is 0.312. The molecule has 1 aromatic heterocycles. The van der Waals surface area contributed by atoms with Crippen LogP contribution in [-0.4, -0.2) is 23.4 Å². The summed E-state index contributed by atoms with van der Waals surface area (Å²) in [5.41, 5.74) is 0. The molecule has 1 fully saturated rings. The average Bonchev–Trinajstić information content (AvgIpc) is 2.32. The zero-order chi connectivity index (χ0) is 8.55. The maximum absolute atomic E-state index is 5.07. The number of ether oxygens (including phenoxy) is 1. The van der Waals surface area contributed by atoms with E-state index in [2.05, 4.69) is 10.1 Å². The fourth-order valence-electron chi connectivity index (χ4n) is 1.03. The Kier molecular flexibility index (Phi) is 1.84. The molecular formula is C8H12N2O2. The summed E-state index contributed by atoms with van der Waals surface area (Å²) in [5.74, 6) is 2.19. The number of hydrogen-bond acceptors (Lipinski definition) is 4. The molecule has 66 valence electrons. The van der Waals surface area contributed by atoms with Crippen LogP contribution in [0.1, 0.15) is 37.4 Å². The van der Waals surface area contributed by atoms with Gasteiger partial charge in [-0.05, 0) is 0 Å². The third-order valence-electron chi connectivity index (χ3n) is 1.95. The van der Waals surface area contributed by atoms with E-state index in [1.807, 2.05) is 13.8 Å². The molecule has 0 aromatic carbocycles. The summed E-state index contributed by atoms with van der Waals surface area (Å²) >= 11 is 0. The van der Waals surface area contributed by atoms with Crippen molar-refractivity contribution in [3.05, 3.63) is 11.7 Å². The lowest BCUT2D eigenvalue weighted by atomic mass is 10.1. The van der Waals surface area contributed by atoms with Gasteiger partial charge in [0.05, 0.1) is 19.1 Å². The molecule has 0 atom stereocenters. The fraction of sp³-hybridized carbons (Fsp3) is 0.750. The lowest BCUT2D eigenvalue weighted by Gasteiger charge is -2.22. The van der Waals surface area contributed by atoms with Crippen molar-refractivity contribution in [2.24, 2.45) is 0 Å². The van der Waals surface area contributed by atoms with E-state index in [9.17, 15) is 0 Å². The minimum Gasteiger partial charge on any atom is -0.380 e. The van der Waals surface area contributed by atoms with Crippen LogP contribution >= 0.6 is 0 Å². The number of nitrogens with zero attached hydrogens (tertiary/aromatic N) is 2. The van der Waals surface area contributed by atoms with Crippen molar-refractivity contribution in [2.45, 2.75) is 25.7 Å². The van der Waals surface area contributed by atoms with Crippen LogP contribution in [-0.2, 0) is 4.74 Å². The van der Waals surface area contributed by atoms with Crippen LogP contribution in [0.4, 0.5) is 0 Å². The lowest BCUT2D eigenvalue weighted by Crippen LogP contribution is -2.26. The lowest BCUT2D eigenvalue weighted by molar-refractivity contribution is 0.00403. The van der Waals surface area contributed by atoms with E-state index < -0.39 is 0 Å². The Hall–Kier alpha value is -0.900. The monoisotopic (exact) mass is 168 g/mol. The highest BCUT2D eigenvalue weighted by Crippen LogP contribution is 2.22. The molecule has 0 amide bonds. The van der Waals surface area contributed by atoms with Gasteiger partial charge in [0.2, 0.25) is 5.89 Å². The fourth-order valence-corrected chi connectivity index (χ4v) is 1.03. The molecule has 0 aliphatic carbocycles. The second-order valence-corrected chi connectivity index (χ2v) is 3.38. The second kappa shape index (κ2) is 2.86. The molecular weight excluding hydrogens is 156 g/mol. The van der Waals surface area contributed by atoms with E-state index in [0.29, 0.717) is 11.8 Å². The Morgan fingerprint density at radius 3 is 2.58 bits per heavy atom. The van der Waals surface area contributed by atoms with E-state index in [0.717, 1.165) is 24.9 Å². The molecule has 0 saturated carbocycles. The Labute approximate surface area is 70.9 Å². The van der Waals surface area contributed by atoms with Crippen LogP contribution in [0.5, 0.6) is 0 Å². The molecule has 2 rings (SSSR count). The predicted octanol–water partition coefficient (Wildman–Crippen LogP) is 1.31. The molecule has 12 heavy (non-hydrogen) atoms. The predicted molar refractivity (Wildman–Crippen MR) is 41.9 cm³/mol. The quantitative estimate of drug-likeness (QED) is 0.668. The van der Waals surface area contributed by atoms with Gasteiger partial charge in [-0.3, -0.25) is 0 Å². The Morgan fingerprint density at radius 2 is 2.17 bits per heavy atom.